The van der Waals surface area contributed by atoms with E-state index in [2.05, 4.69) is 16.1 Å². The van der Waals surface area contributed by atoms with Crippen LogP contribution >= 0.6 is 0 Å². The lowest BCUT2D eigenvalue weighted by Gasteiger charge is -2.34. The molecule has 31 heavy (non-hydrogen) atoms. The highest BCUT2D eigenvalue weighted by Crippen LogP contribution is 2.39. The number of aromatic amines is 1. The first-order valence-corrected chi connectivity index (χ1v) is 10.6. The number of hydrogen-bond donors (Lipinski definition) is 3. The van der Waals surface area contributed by atoms with Gasteiger partial charge in [-0.15, -0.1) is 0 Å². The van der Waals surface area contributed by atoms with Crippen LogP contribution in [0.15, 0.2) is 30.5 Å². The van der Waals surface area contributed by atoms with Gasteiger partial charge in [-0.05, 0) is 37.8 Å². The molecule has 5 rings (SSSR count). The second-order valence-corrected chi connectivity index (χ2v) is 8.22. The molecule has 0 unspecified atom stereocenters. The minimum atomic E-state index is -0.833. The number of nitrogens with two attached hydrogens (primary N) is 1. The molecular weight excluding hydrogens is 396 g/mol. The van der Waals surface area contributed by atoms with Crippen molar-refractivity contribution in [2.75, 3.05) is 6.54 Å². The number of nitrogens with zero attached hydrogens (tertiary/aromatic N) is 4. The van der Waals surface area contributed by atoms with E-state index in [0.29, 0.717) is 25.4 Å². The number of carbonyl (C=O) groups excluding carboxylic acids is 1. The van der Waals surface area contributed by atoms with E-state index in [1.165, 1.54) is 12.8 Å². The van der Waals surface area contributed by atoms with Crippen molar-refractivity contribution in [3.8, 4) is 0 Å². The molecule has 0 saturated heterocycles. The lowest BCUT2D eigenvalue weighted by Crippen LogP contribution is -2.49. The van der Waals surface area contributed by atoms with Crippen molar-refractivity contribution >= 4 is 22.8 Å². The number of para-hydroxylation sites is 1. The minimum Gasteiger partial charge on any atom is -0.481 e. The van der Waals surface area contributed by atoms with Gasteiger partial charge in [0.1, 0.15) is 5.82 Å². The summed E-state index contributed by atoms with van der Waals surface area (Å²) in [5, 5.41) is 13.2. The second kappa shape index (κ2) is 8.50. The first-order chi connectivity index (χ1) is 14.8. The molecule has 2 aliphatic rings. The third-order valence-corrected chi connectivity index (χ3v) is 5.77. The molecular formula is C22H28N6O3. The van der Waals surface area contributed by atoms with E-state index < -0.39 is 12.0 Å². The van der Waals surface area contributed by atoms with Gasteiger partial charge in [0.2, 0.25) is 5.91 Å². The fourth-order valence-electron chi connectivity index (χ4n) is 4.03. The Morgan fingerprint density at radius 1 is 1.29 bits per heavy atom. The van der Waals surface area contributed by atoms with Crippen molar-refractivity contribution in [1.29, 1.82) is 0 Å². The van der Waals surface area contributed by atoms with Gasteiger partial charge >= 0.3 is 0 Å². The van der Waals surface area contributed by atoms with E-state index in [9.17, 15) is 4.79 Å². The van der Waals surface area contributed by atoms with Crippen LogP contribution in [0.2, 0.25) is 0 Å². The molecule has 2 aromatic heterocycles. The number of hydrogen-bond acceptors (Lipinski definition) is 5. The van der Waals surface area contributed by atoms with Crippen LogP contribution in [-0.4, -0.2) is 54.2 Å². The van der Waals surface area contributed by atoms with E-state index in [1.807, 2.05) is 40.9 Å². The molecule has 0 bridgehead atoms. The standard InChI is InChI=1S/C20H24N6O.C2H4O2/c1-12-19-23-18(13-6-7-13)24-26(19)9-8-25(12)20(27)16(21)10-14-11-22-17-5-3-2-4-15(14)17;1-2(3)4/h2-5,11-13,16,22H,6-10,21H2,1H3;1H3,(H,3,4)/t12-,16-;/m1./s1. The molecule has 3 aromatic rings. The molecule has 3 heterocycles. The summed E-state index contributed by atoms with van der Waals surface area (Å²) in [6, 6.07) is 7.43. The van der Waals surface area contributed by atoms with E-state index in [0.717, 1.165) is 35.0 Å². The van der Waals surface area contributed by atoms with Gasteiger partial charge in [0.15, 0.2) is 5.82 Å². The number of aromatic nitrogens is 4. The number of carbonyl (C=O) groups is 2. The Bertz CT molecular complexity index is 1100. The monoisotopic (exact) mass is 424 g/mol. The predicted octanol–water partition coefficient (Wildman–Crippen LogP) is 2.20. The third kappa shape index (κ3) is 4.46. The highest BCUT2D eigenvalue weighted by Gasteiger charge is 2.36. The van der Waals surface area contributed by atoms with Gasteiger partial charge in [-0.2, -0.15) is 5.10 Å². The van der Waals surface area contributed by atoms with E-state index in [-0.39, 0.29) is 11.9 Å². The summed E-state index contributed by atoms with van der Waals surface area (Å²) in [5.41, 5.74) is 8.48. The zero-order chi connectivity index (χ0) is 22.1. The molecule has 1 saturated carbocycles. The van der Waals surface area contributed by atoms with Gasteiger partial charge in [0, 0.05) is 36.5 Å². The second-order valence-electron chi connectivity index (χ2n) is 8.22. The first-order valence-electron chi connectivity index (χ1n) is 10.6. The van der Waals surface area contributed by atoms with Crippen LogP contribution in [0.1, 0.15) is 55.9 Å². The normalized spacial score (nSPS) is 18.8. The zero-order valence-corrected chi connectivity index (χ0v) is 17.8. The summed E-state index contributed by atoms with van der Waals surface area (Å²) in [7, 11) is 0. The molecule has 9 heteroatoms. The number of carboxylic acid groups (broad SMARTS) is 1. The molecule has 4 N–H and O–H groups in total. The van der Waals surface area contributed by atoms with Crippen molar-refractivity contribution < 1.29 is 14.7 Å². The van der Waals surface area contributed by atoms with Gasteiger partial charge in [-0.3, -0.25) is 9.59 Å². The number of rotatable bonds is 4. The summed E-state index contributed by atoms with van der Waals surface area (Å²) in [4.78, 5) is 31.9. The van der Waals surface area contributed by atoms with Crippen molar-refractivity contribution in [3.63, 3.8) is 0 Å². The van der Waals surface area contributed by atoms with E-state index in [4.69, 9.17) is 20.6 Å². The SMILES string of the molecule is CC(=O)O.C[C@@H]1c2nc(C3CC3)nn2CCN1C(=O)[C@H](N)Cc1c[nH]c2ccccc12. The highest BCUT2D eigenvalue weighted by molar-refractivity contribution is 5.86. The maximum Gasteiger partial charge on any atom is 0.300 e. The summed E-state index contributed by atoms with van der Waals surface area (Å²) in [6.45, 7) is 4.42. The van der Waals surface area contributed by atoms with Crippen molar-refractivity contribution in [3.05, 3.63) is 47.7 Å². The topological polar surface area (TPSA) is 130 Å². The minimum absolute atomic E-state index is 0.0185. The first kappa shape index (κ1) is 21.0. The van der Waals surface area contributed by atoms with E-state index in [1.54, 1.807) is 0 Å². The van der Waals surface area contributed by atoms with Crippen LogP contribution < -0.4 is 5.73 Å². The number of benzene rings is 1. The van der Waals surface area contributed by atoms with Crippen molar-refractivity contribution in [1.82, 2.24) is 24.6 Å². The highest BCUT2D eigenvalue weighted by atomic mass is 16.4. The van der Waals surface area contributed by atoms with Gasteiger partial charge in [-0.1, -0.05) is 18.2 Å². The van der Waals surface area contributed by atoms with Crippen molar-refractivity contribution in [2.24, 2.45) is 5.73 Å². The molecule has 1 aromatic carbocycles. The molecule has 2 atom stereocenters. The average molecular weight is 425 g/mol. The Morgan fingerprint density at radius 3 is 2.71 bits per heavy atom. The van der Waals surface area contributed by atoms with Crippen molar-refractivity contribution in [2.45, 2.75) is 57.7 Å². The molecule has 164 valence electrons. The fraction of sp³-hybridized carbons (Fsp3) is 0.455. The zero-order valence-electron chi connectivity index (χ0n) is 17.8. The van der Waals surface area contributed by atoms with Crippen LogP contribution in [0.3, 0.4) is 0 Å². The lowest BCUT2D eigenvalue weighted by atomic mass is 10.0. The largest absolute Gasteiger partial charge is 0.481 e. The average Bonchev–Trinajstić information content (AvgIpc) is 3.37. The summed E-state index contributed by atoms with van der Waals surface area (Å²) in [6.07, 6.45) is 4.83. The number of H-pyrrole nitrogens is 1. The summed E-state index contributed by atoms with van der Waals surface area (Å²) >= 11 is 0. The maximum atomic E-state index is 13.1. The molecule has 1 aliphatic carbocycles. The van der Waals surface area contributed by atoms with Gasteiger partial charge < -0.3 is 20.7 Å². The number of carboxylic acids is 1. The predicted molar refractivity (Wildman–Crippen MR) is 115 cm³/mol. The number of fused-ring (bicyclic) bond motifs is 2. The van der Waals surface area contributed by atoms with Crippen LogP contribution in [0, 0.1) is 0 Å². The molecule has 1 fully saturated rings. The molecule has 0 radical (unpaired) electrons. The van der Waals surface area contributed by atoms with E-state index >= 15 is 0 Å². The smallest absolute Gasteiger partial charge is 0.300 e. The van der Waals surface area contributed by atoms with Crippen LogP contribution in [0.4, 0.5) is 0 Å². The van der Waals surface area contributed by atoms with Gasteiger partial charge in [0.05, 0.1) is 18.6 Å². The Balaban J connectivity index is 0.000000535. The number of amides is 1. The molecule has 9 nitrogen and oxygen atoms in total. The van der Waals surface area contributed by atoms with Crippen LogP contribution in [-0.2, 0) is 22.6 Å². The van der Waals surface area contributed by atoms with Gasteiger partial charge in [0.25, 0.3) is 5.97 Å². The Kier molecular flexibility index (Phi) is 5.77. The number of nitrogens with one attached hydrogen (secondary N) is 1. The Hall–Kier alpha value is -3.20. The molecule has 1 aliphatic heterocycles. The van der Waals surface area contributed by atoms with Crippen LogP contribution in [0.25, 0.3) is 10.9 Å². The third-order valence-electron chi connectivity index (χ3n) is 5.77. The maximum absolute atomic E-state index is 13.1. The fourth-order valence-corrected chi connectivity index (χ4v) is 4.03. The molecule has 0 spiro atoms. The summed E-state index contributed by atoms with van der Waals surface area (Å²) in [5.74, 6) is 1.49. The Labute approximate surface area is 180 Å². The van der Waals surface area contributed by atoms with Crippen LogP contribution in [0.5, 0.6) is 0 Å². The number of aliphatic carboxylic acids is 1. The van der Waals surface area contributed by atoms with Gasteiger partial charge in [-0.25, -0.2) is 9.67 Å². The molecule has 1 amide bonds. The quantitative estimate of drug-likeness (QED) is 0.589. The summed E-state index contributed by atoms with van der Waals surface area (Å²) < 4.78 is 1.97. The lowest BCUT2D eigenvalue weighted by molar-refractivity contribution is -0.136. The Morgan fingerprint density at radius 2 is 2.00 bits per heavy atom.